The maximum Gasteiger partial charge on any atom is 0.142 e. The van der Waals surface area contributed by atoms with Gasteiger partial charge in [0, 0.05) is 0 Å². The summed E-state index contributed by atoms with van der Waals surface area (Å²) in [5.74, 6) is 0.261. The number of phenols is 1. The largest absolute Gasteiger partial charge is 0.508 e. The molecule has 1 aromatic carbocycles. The van der Waals surface area contributed by atoms with Crippen LogP contribution in [-0.2, 0) is 4.79 Å². The Labute approximate surface area is 88.9 Å². The highest BCUT2D eigenvalue weighted by atomic mass is 16.3. The van der Waals surface area contributed by atoms with Gasteiger partial charge in [-0.2, -0.15) is 0 Å². The third-order valence-corrected chi connectivity index (χ3v) is 1.70. The lowest BCUT2D eigenvalue weighted by molar-refractivity contribution is -0.104. The Kier molecular flexibility index (Phi) is 4.67. The molecule has 0 saturated carbocycles. The quantitative estimate of drug-likeness (QED) is 0.461. The Balaban J connectivity index is 2.51. The molecule has 0 bridgehead atoms. The smallest absolute Gasteiger partial charge is 0.142 e. The topological polar surface area (TPSA) is 37.3 Å². The maximum atomic E-state index is 9.93. The average Bonchev–Trinajstić information content (AvgIpc) is 2.26. The number of allylic oxidation sites excluding steroid dienone is 5. The van der Waals surface area contributed by atoms with Gasteiger partial charge in [-0.3, -0.25) is 4.79 Å². The zero-order chi connectivity index (χ0) is 10.9. The van der Waals surface area contributed by atoms with Crippen molar-refractivity contribution in [3.8, 4) is 5.75 Å². The van der Waals surface area contributed by atoms with Crippen LogP contribution in [0, 0.1) is 0 Å². The van der Waals surface area contributed by atoms with Crippen molar-refractivity contribution in [2.24, 2.45) is 0 Å². The number of phenolic OH excluding ortho intramolecular Hbond substituents is 1. The minimum atomic E-state index is 0.261. The van der Waals surface area contributed by atoms with Gasteiger partial charge < -0.3 is 5.11 Å². The van der Waals surface area contributed by atoms with E-state index in [4.69, 9.17) is 5.11 Å². The second kappa shape index (κ2) is 6.38. The third-order valence-electron chi connectivity index (χ3n) is 1.70. The number of aldehydes is 1. The lowest BCUT2D eigenvalue weighted by Gasteiger charge is -1.92. The van der Waals surface area contributed by atoms with Crippen molar-refractivity contribution >= 4 is 12.4 Å². The molecule has 0 atom stereocenters. The summed E-state index contributed by atoms with van der Waals surface area (Å²) in [5.41, 5.74) is 1.01. The van der Waals surface area contributed by atoms with Crippen molar-refractivity contribution in [1.29, 1.82) is 0 Å². The van der Waals surface area contributed by atoms with E-state index in [0.29, 0.717) is 0 Å². The molecule has 2 nitrogen and oxygen atoms in total. The normalized spacial score (nSPS) is 11.7. The monoisotopic (exact) mass is 200 g/mol. The Hall–Kier alpha value is -2.09. The highest BCUT2D eigenvalue weighted by Gasteiger charge is 1.85. The Morgan fingerprint density at radius 1 is 0.867 bits per heavy atom. The molecule has 0 aliphatic rings. The molecule has 0 aliphatic carbocycles. The molecule has 0 spiro atoms. The van der Waals surface area contributed by atoms with Crippen LogP contribution in [0.25, 0.3) is 6.08 Å². The maximum absolute atomic E-state index is 9.93. The standard InChI is InChI=1S/C13H12O2/c14-11-5-3-1-2-4-6-12-7-9-13(15)10-8-12/h1-11,15H. The van der Waals surface area contributed by atoms with Gasteiger partial charge in [0.15, 0.2) is 0 Å². The number of carbonyl (C=O) groups excluding carboxylic acids is 1. The van der Waals surface area contributed by atoms with Gasteiger partial charge in [0.05, 0.1) is 0 Å². The molecule has 0 aliphatic heterocycles. The molecule has 0 aromatic heterocycles. The van der Waals surface area contributed by atoms with Crippen molar-refractivity contribution in [2.75, 3.05) is 0 Å². The molecule has 1 N–H and O–H groups in total. The van der Waals surface area contributed by atoms with Gasteiger partial charge in [0.2, 0.25) is 0 Å². The van der Waals surface area contributed by atoms with Crippen LogP contribution in [-0.4, -0.2) is 11.4 Å². The molecule has 15 heavy (non-hydrogen) atoms. The third kappa shape index (κ3) is 4.62. The second-order valence-corrected chi connectivity index (χ2v) is 2.86. The summed E-state index contributed by atoms with van der Waals surface area (Å²) >= 11 is 0. The van der Waals surface area contributed by atoms with E-state index in [1.54, 1.807) is 24.3 Å². The summed E-state index contributed by atoms with van der Waals surface area (Å²) in [5, 5.41) is 9.05. The van der Waals surface area contributed by atoms with Crippen LogP contribution >= 0.6 is 0 Å². The average molecular weight is 200 g/mol. The molecule has 0 unspecified atom stereocenters. The molecule has 1 aromatic rings. The lowest BCUT2D eigenvalue weighted by Crippen LogP contribution is -1.69. The van der Waals surface area contributed by atoms with E-state index in [9.17, 15) is 4.79 Å². The second-order valence-electron chi connectivity index (χ2n) is 2.86. The van der Waals surface area contributed by atoms with Crippen LogP contribution in [0.1, 0.15) is 5.56 Å². The van der Waals surface area contributed by atoms with E-state index in [1.165, 1.54) is 6.08 Å². The van der Waals surface area contributed by atoms with E-state index in [0.717, 1.165) is 11.8 Å². The van der Waals surface area contributed by atoms with Crippen molar-refractivity contribution in [3.63, 3.8) is 0 Å². The number of hydrogen-bond acceptors (Lipinski definition) is 2. The molecule has 0 heterocycles. The number of aromatic hydroxyl groups is 1. The highest BCUT2D eigenvalue weighted by Crippen LogP contribution is 2.10. The number of hydrogen-bond donors (Lipinski definition) is 1. The lowest BCUT2D eigenvalue weighted by atomic mass is 10.2. The zero-order valence-corrected chi connectivity index (χ0v) is 8.21. The number of carbonyl (C=O) groups is 1. The SMILES string of the molecule is O=CC=CC=CC=Cc1ccc(O)cc1. The minimum absolute atomic E-state index is 0.261. The van der Waals surface area contributed by atoms with E-state index in [-0.39, 0.29) is 5.75 Å². The van der Waals surface area contributed by atoms with Crippen LogP contribution in [0.5, 0.6) is 5.75 Å². The van der Waals surface area contributed by atoms with Crippen molar-refractivity contribution in [2.45, 2.75) is 0 Å². The van der Waals surface area contributed by atoms with Crippen molar-refractivity contribution in [3.05, 3.63) is 60.2 Å². The van der Waals surface area contributed by atoms with E-state index in [2.05, 4.69) is 0 Å². The summed E-state index contributed by atoms with van der Waals surface area (Å²) in [6, 6.07) is 6.91. The summed E-state index contributed by atoms with van der Waals surface area (Å²) in [6.07, 6.45) is 11.2. The molecular formula is C13H12O2. The minimum Gasteiger partial charge on any atom is -0.508 e. The van der Waals surface area contributed by atoms with Crippen LogP contribution in [0.2, 0.25) is 0 Å². The van der Waals surface area contributed by atoms with Gasteiger partial charge in [-0.25, -0.2) is 0 Å². The van der Waals surface area contributed by atoms with Gasteiger partial charge in [-0.1, -0.05) is 42.5 Å². The fourth-order valence-corrected chi connectivity index (χ4v) is 0.990. The number of rotatable bonds is 4. The van der Waals surface area contributed by atoms with E-state index >= 15 is 0 Å². The van der Waals surface area contributed by atoms with Gasteiger partial charge in [-0.05, 0) is 23.8 Å². The first kappa shape index (κ1) is 11.0. The van der Waals surface area contributed by atoms with Gasteiger partial charge in [0.1, 0.15) is 12.0 Å². The molecule has 1 rings (SSSR count). The van der Waals surface area contributed by atoms with Crippen molar-refractivity contribution < 1.29 is 9.90 Å². The fourth-order valence-electron chi connectivity index (χ4n) is 0.990. The van der Waals surface area contributed by atoms with E-state index < -0.39 is 0 Å². The molecule has 76 valence electrons. The predicted molar refractivity (Wildman–Crippen MR) is 61.5 cm³/mol. The zero-order valence-electron chi connectivity index (χ0n) is 8.21. The van der Waals surface area contributed by atoms with Gasteiger partial charge in [0.25, 0.3) is 0 Å². The van der Waals surface area contributed by atoms with Gasteiger partial charge in [-0.15, -0.1) is 0 Å². The first-order chi connectivity index (χ1) is 7.33. The molecule has 0 fully saturated rings. The van der Waals surface area contributed by atoms with Gasteiger partial charge >= 0.3 is 0 Å². The molecule has 0 radical (unpaired) electrons. The summed E-state index contributed by atoms with van der Waals surface area (Å²) in [6.45, 7) is 0. The van der Waals surface area contributed by atoms with Crippen LogP contribution in [0.3, 0.4) is 0 Å². The predicted octanol–water partition coefficient (Wildman–Crippen LogP) is 2.72. The molecule has 0 amide bonds. The summed E-state index contributed by atoms with van der Waals surface area (Å²) in [4.78, 5) is 9.93. The van der Waals surface area contributed by atoms with E-state index in [1.807, 2.05) is 30.4 Å². The molecule has 0 saturated heterocycles. The van der Waals surface area contributed by atoms with Crippen LogP contribution in [0.15, 0.2) is 54.6 Å². The first-order valence-corrected chi connectivity index (χ1v) is 4.57. The van der Waals surface area contributed by atoms with Crippen molar-refractivity contribution in [1.82, 2.24) is 0 Å². The Morgan fingerprint density at radius 2 is 1.47 bits per heavy atom. The highest BCUT2D eigenvalue weighted by molar-refractivity contribution is 5.65. The molecule has 2 heteroatoms. The summed E-state index contributed by atoms with van der Waals surface area (Å²) < 4.78 is 0. The fraction of sp³-hybridized carbons (Fsp3) is 0. The Morgan fingerprint density at radius 3 is 2.13 bits per heavy atom. The summed E-state index contributed by atoms with van der Waals surface area (Å²) in [7, 11) is 0. The van der Waals surface area contributed by atoms with Crippen LogP contribution in [0.4, 0.5) is 0 Å². The number of benzene rings is 1. The van der Waals surface area contributed by atoms with Crippen LogP contribution < -0.4 is 0 Å². The molecular weight excluding hydrogens is 188 g/mol. The Bertz CT molecular complexity index is 384. The first-order valence-electron chi connectivity index (χ1n) is 4.57.